The standard InChI is InChI=1S/C20H38N2O3/c1-15(10-7-8-13-21-18(24)25-19(2,3)4)22-17(23)16-11-9-12-20(5,6)14-16/h15-16H,7-14H2,1-6H3,(H,21,24)(H,22,23). The highest BCUT2D eigenvalue weighted by molar-refractivity contribution is 5.79. The van der Waals surface area contributed by atoms with Crippen LogP contribution in [0.1, 0.15) is 86.5 Å². The van der Waals surface area contributed by atoms with Crippen LogP contribution in [0, 0.1) is 11.3 Å². The molecule has 1 saturated carbocycles. The summed E-state index contributed by atoms with van der Waals surface area (Å²) in [4.78, 5) is 24.0. The number of ether oxygens (including phenoxy) is 1. The highest BCUT2D eigenvalue weighted by atomic mass is 16.6. The van der Waals surface area contributed by atoms with Crippen LogP contribution in [0.15, 0.2) is 0 Å². The van der Waals surface area contributed by atoms with Gasteiger partial charge in [0, 0.05) is 18.5 Å². The molecule has 0 aliphatic heterocycles. The first kappa shape index (κ1) is 21.8. The topological polar surface area (TPSA) is 67.4 Å². The minimum Gasteiger partial charge on any atom is -0.444 e. The summed E-state index contributed by atoms with van der Waals surface area (Å²) in [7, 11) is 0. The highest BCUT2D eigenvalue weighted by Crippen LogP contribution is 2.38. The summed E-state index contributed by atoms with van der Waals surface area (Å²) in [5.41, 5.74) is -0.173. The van der Waals surface area contributed by atoms with Crippen molar-refractivity contribution in [3.63, 3.8) is 0 Å². The van der Waals surface area contributed by atoms with Gasteiger partial charge in [0.1, 0.15) is 5.60 Å². The zero-order valence-electron chi connectivity index (χ0n) is 17.0. The number of hydrogen-bond donors (Lipinski definition) is 2. The van der Waals surface area contributed by atoms with Crippen LogP contribution in [0.25, 0.3) is 0 Å². The quantitative estimate of drug-likeness (QED) is 0.666. The summed E-state index contributed by atoms with van der Waals surface area (Å²) in [6.07, 6.45) is 6.79. The molecule has 0 saturated heterocycles. The average molecular weight is 355 g/mol. The van der Waals surface area contributed by atoms with Gasteiger partial charge in [-0.1, -0.05) is 20.3 Å². The second kappa shape index (κ2) is 9.44. The largest absolute Gasteiger partial charge is 0.444 e. The Hall–Kier alpha value is -1.26. The van der Waals surface area contributed by atoms with Gasteiger partial charge in [0.2, 0.25) is 5.91 Å². The van der Waals surface area contributed by atoms with Crippen molar-refractivity contribution in [2.75, 3.05) is 6.54 Å². The normalized spacial score (nSPS) is 21.3. The zero-order chi connectivity index (χ0) is 19.1. The van der Waals surface area contributed by atoms with Crippen molar-refractivity contribution in [2.24, 2.45) is 11.3 Å². The van der Waals surface area contributed by atoms with Gasteiger partial charge >= 0.3 is 6.09 Å². The minimum absolute atomic E-state index is 0.167. The molecule has 0 spiro atoms. The Balaban J connectivity index is 2.15. The van der Waals surface area contributed by atoms with Gasteiger partial charge in [-0.25, -0.2) is 4.79 Å². The molecule has 1 fully saturated rings. The molecular formula is C20H38N2O3. The van der Waals surface area contributed by atoms with Crippen LogP contribution in [0.5, 0.6) is 0 Å². The first-order valence-corrected chi connectivity index (χ1v) is 9.76. The van der Waals surface area contributed by atoms with Crippen LogP contribution in [-0.4, -0.2) is 30.2 Å². The molecule has 0 radical (unpaired) electrons. The maximum absolute atomic E-state index is 12.4. The van der Waals surface area contributed by atoms with E-state index in [1.54, 1.807) is 0 Å². The van der Waals surface area contributed by atoms with Crippen LogP contribution in [-0.2, 0) is 9.53 Å². The molecule has 0 aromatic heterocycles. The molecule has 2 unspecified atom stereocenters. The predicted octanol–water partition coefficient (Wildman–Crippen LogP) is 4.40. The molecule has 2 N–H and O–H groups in total. The first-order chi connectivity index (χ1) is 11.5. The van der Waals surface area contributed by atoms with E-state index in [0.29, 0.717) is 6.54 Å². The summed E-state index contributed by atoms with van der Waals surface area (Å²) in [6.45, 7) is 12.7. The van der Waals surface area contributed by atoms with Crippen molar-refractivity contribution >= 4 is 12.0 Å². The van der Waals surface area contributed by atoms with E-state index in [2.05, 4.69) is 31.4 Å². The van der Waals surface area contributed by atoms with Gasteiger partial charge in [0.05, 0.1) is 0 Å². The van der Waals surface area contributed by atoms with Gasteiger partial charge in [0.25, 0.3) is 0 Å². The monoisotopic (exact) mass is 354 g/mol. The summed E-state index contributed by atoms with van der Waals surface area (Å²) in [6, 6.07) is 0.180. The second-order valence-electron chi connectivity index (χ2n) is 9.29. The maximum Gasteiger partial charge on any atom is 0.407 e. The number of amides is 2. The molecule has 0 heterocycles. The molecule has 0 aromatic carbocycles. The van der Waals surface area contributed by atoms with Gasteiger partial charge in [-0.3, -0.25) is 4.79 Å². The Morgan fingerprint density at radius 2 is 1.92 bits per heavy atom. The lowest BCUT2D eigenvalue weighted by Crippen LogP contribution is -2.40. The van der Waals surface area contributed by atoms with Crippen molar-refractivity contribution in [3.8, 4) is 0 Å². The van der Waals surface area contributed by atoms with Gasteiger partial charge in [-0.2, -0.15) is 0 Å². The Labute approximate surface area is 153 Å². The number of rotatable bonds is 7. The van der Waals surface area contributed by atoms with E-state index in [1.165, 1.54) is 6.42 Å². The lowest BCUT2D eigenvalue weighted by molar-refractivity contribution is -0.127. The number of hydrogen-bond acceptors (Lipinski definition) is 3. The van der Waals surface area contributed by atoms with Crippen molar-refractivity contribution in [1.82, 2.24) is 10.6 Å². The van der Waals surface area contributed by atoms with E-state index in [9.17, 15) is 9.59 Å². The average Bonchev–Trinajstić information content (AvgIpc) is 2.43. The molecule has 0 bridgehead atoms. The Bertz CT molecular complexity index is 441. The number of carbonyl (C=O) groups is 2. The summed E-state index contributed by atoms with van der Waals surface area (Å²) < 4.78 is 5.19. The molecular weight excluding hydrogens is 316 g/mol. The molecule has 0 aromatic rings. The van der Waals surface area contributed by atoms with Crippen LogP contribution >= 0.6 is 0 Å². The molecule has 1 aliphatic carbocycles. The van der Waals surface area contributed by atoms with Crippen LogP contribution in [0.2, 0.25) is 0 Å². The SMILES string of the molecule is CC(CCCCNC(=O)OC(C)(C)C)NC(=O)C1CCCC(C)(C)C1. The third-order valence-electron chi connectivity index (χ3n) is 4.70. The zero-order valence-corrected chi connectivity index (χ0v) is 17.0. The van der Waals surface area contributed by atoms with Crippen LogP contribution < -0.4 is 10.6 Å². The Morgan fingerprint density at radius 3 is 2.52 bits per heavy atom. The third kappa shape index (κ3) is 9.71. The fraction of sp³-hybridized carbons (Fsp3) is 0.900. The van der Waals surface area contributed by atoms with E-state index >= 15 is 0 Å². The van der Waals surface area contributed by atoms with Crippen molar-refractivity contribution in [2.45, 2.75) is 98.1 Å². The van der Waals surface area contributed by atoms with E-state index in [0.717, 1.165) is 38.5 Å². The fourth-order valence-electron chi connectivity index (χ4n) is 3.43. The lowest BCUT2D eigenvalue weighted by Gasteiger charge is -2.34. The van der Waals surface area contributed by atoms with Crippen molar-refractivity contribution < 1.29 is 14.3 Å². The van der Waals surface area contributed by atoms with E-state index in [-0.39, 0.29) is 29.4 Å². The fourth-order valence-corrected chi connectivity index (χ4v) is 3.43. The molecule has 146 valence electrons. The smallest absolute Gasteiger partial charge is 0.407 e. The molecule has 2 amide bonds. The molecule has 2 atom stereocenters. The van der Waals surface area contributed by atoms with E-state index < -0.39 is 5.60 Å². The summed E-state index contributed by atoms with van der Waals surface area (Å²) in [5, 5.41) is 5.93. The second-order valence-corrected chi connectivity index (χ2v) is 9.29. The Kier molecular flexibility index (Phi) is 8.23. The molecule has 25 heavy (non-hydrogen) atoms. The molecule has 5 heteroatoms. The van der Waals surface area contributed by atoms with Gasteiger partial charge in [-0.15, -0.1) is 0 Å². The summed E-state index contributed by atoms with van der Waals surface area (Å²) in [5.74, 6) is 0.382. The highest BCUT2D eigenvalue weighted by Gasteiger charge is 2.32. The van der Waals surface area contributed by atoms with Crippen LogP contribution in [0.3, 0.4) is 0 Å². The molecule has 1 aliphatic rings. The number of alkyl carbamates (subject to hydrolysis) is 1. The molecule has 5 nitrogen and oxygen atoms in total. The number of carbonyl (C=O) groups excluding carboxylic acids is 2. The van der Waals surface area contributed by atoms with Gasteiger partial charge in [0.15, 0.2) is 0 Å². The number of nitrogens with one attached hydrogen (secondary N) is 2. The van der Waals surface area contributed by atoms with Crippen LogP contribution in [0.4, 0.5) is 4.79 Å². The van der Waals surface area contributed by atoms with Crippen molar-refractivity contribution in [1.29, 1.82) is 0 Å². The minimum atomic E-state index is -0.462. The van der Waals surface area contributed by atoms with Crippen molar-refractivity contribution in [3.05, 3.63) is 0 Å². The predicted molar refractivity (Wildman–Crippen MR) is 101 cm³/mol. The number of unbranched alkanes of at least 4 members (excludes halogenated alkanes) is 1. The van der Waals surface area contributed by atoms with Gasteiger partial charge in [-0.05, 0) is 71.6 Å². The Morgan fingerprint density at radius 1 is 1.24 bits per heavy atom. The first-order valence-electron chi connectivity index (χ1n) is 9.76. The van der Waals surface area contributed by atoms with E-state index in [1.807, 2.05) is 20.8 Å². The molecule has 1 rings (SSSR count). The van der Waals surface area contributed by atoms with E-state index in [4.69, 9.17) is 4.74 Å². The third-order valence-corrected chi connectivity index (χ3v) is 4.70. The lowest BCUT2D eigenvalue weighted by atomic mass is 9.72. The maximum atomic E-state index is 12.4. The van der Waals surface area contributed by atoms with Gasteiger partial charge < -0.3 is 15.4 Å². The summed E-state index contributed by atoms with van der Waals surface area (Å²) >= 11 is 0.